The fourth-order valence-electron chi connectivity index (χ4n) is 1.12. The van der Waals surface area contributed by atoms with Gasteiger partial charge in [-0.05, 0) is 40.4 Å². The Bertz CT molecular complexity index is 225. The molecular weight excluding hydrogens is 212 g/mol. The Morgan fingerprint density at radius 3 is 2.06 bits per heavy atom. The van der Waals surface area contributed by atoms with Gasteiger partial charge in [0.15, 0.2) is 0 Å². The first-order chi connectivity index (χ1) is 7.36. The van der Waals surface area contributed by atoms with Crippen LogP contribution in [0.4, 0.5) is 0 Å². The maximum absolute atomic E-state index is 10.1. The third kappa shape index (κ3) is 5.67. The molecule has 1 heterocycles. The van der Waals surface area contributed by atoms with Crippen molar-refractivity contribution in [2.24, 2.45) is 0 Å². The lowest BCUT2D eigenvalue weighted by Crippen LogP contribution is -2.32. The van der Waals surface area contributed by atoms with Gasteiger partial charge in [-0.1, -0.05) is 0 Å². The quantitative estimate of drug-likeness (QED) is 0.626. The van der Waals surface area contributed by atoms with E-state index >= 15 is 0 Å². The lowest BCUT2D eigenvalue weighted by Gasteiger charge is -2.13. The average molecular weight is 232 g/mol. The SMILES string of the molecule is CC(C(=O)O)N(C)C.O=C(O)[C@@H]1CCCN1. The zero-order valence-corrected chi connectivity index (χ0v) is 9.93. The summed E-state index contributed by atoms with van der Waals surface area (Å²) in [5.74, 6) is -1.50. The maximum atomic E-state index is 10.1. The topological polar surface area (TPSA) is 89.9 Å². The van der Waals surface area contributed by atoms with Crippen molar-refractivity contribution in [1.29, 1.82) is 0 Å². The second kappa shape index (κ2) is 7.19. The fraction of sp³-hybridized carbons (Fsp3) is 0.800. The zero-order valence-electron chi connectivity index (χ0n) is 9.93. The molecule has 0 radical (unpaired) electrons. The number of hydrogen-bond acceptors (Lipinski definition) is 4. The Kier molecular flexibility index (Phi) is 6.67. The van der Waals surface area contributed by atoms with Crippen molar-refractivity contribution in [3.8, 4) is 0 Å². The van der Waals surface area contributed by atoms with E-state index in [1.54, 1.807) is 25.9 Å². The molecular formula is C10H20N2O4. The Labute approximate surface area is 95.2 Å². The van der Waals surface area contributed by atoms with Crippen LogP contribution in [0.25, 0.3) is 0 Å². The van der Waals surface area contributed by atoms with Crippen LogP contribution in [0.1, 0.15) is 19.8 Å². The predicted molar refractivity (Wildman–Crippen MR) is 59.4 cm³/mol. The van der Waals surface area contributed by atoms with E-state index in [1.807, 2.05) is 0 Å². The second-order valence-corrected chi connectivity index (χ2v) is 3.96. The van der Waals surface area contributed by atoms with Crippen LogP contribution in [0.2, 0.25) is 0 Å². The van der Waals surface area contributed by atoms with E-state index in [9.17, 15) is 9.59 Å². The number of likely N-dealkylation sites (N-methyl/N-ethyl adjacent to an activating group) is 1. The number of rotatable bonds is 3. The maximum Gasteiger partial charge on any atom is 0.320 e. The van der Waals surface area contributed by atoms with Gasteiger partial charge >= 0.3 is 11.9 Å². The van der Waals surface area contributed by atoms with Crippen molar-refractivity contribution >= 4 is 11.9 Å². The van der Waals surface area contributed by atoms with Crippen molar-refractivity contribution < 1.29 is 19.8 Å². The first kappa shape index (κ1) is 14.9. The van der Waals surface area contributed by atoms with E-state index < -0.39 is 11.9 Å². The number of carbonyl (C=O) groups is 2. The molecule has 6 nitrogen and oxygen atoms in total. The molecule has 94 valence electrons. The van der Waals surface area contributed by atoms with Crippen molar-refractivity contribution in [2.45, 2.75) is 31.8 Å². The van der Waals surface area contributed by atoms with Gasteiger partial charge in [0.1, 0.15) is 12.1 Å². The summed E-state index contributed by atoms with van der Waals surface area (Å²) in [7, 11) is 3.47. The van der Waals surface area contributed by atoms with E-state index in [4.69, 9.17) is 10.2 Å². The van der Waals surface area contributed by atoms with Crippen LogP contribution < -0.4 is 5.32 Å². The Morgan fingerprint density at radius 2 is 1.94 bits per heavy atom. The first-order valence-corrected chi connectivity index (χ1v) is 5.21. The van der Waals surface area contributed by atoms with E-state index in [0.29, 0.717) is 0 Å². The van der Waals surface area contributed by atoms with Gasteiger partial charge in [-0.2, -0.15) is 0 Å². The molecule has 0 aromatic heterocycles. The smallest absolute Gasteiger partial charge is 0.320 e. The van der Waals surface area contributed by atoms with Crippen LogP contribution in [0.5, 0.6) is 0 Å². The third-order valence-corrected chi connectivity index (χ3v) is 2.49. The minimum Gasteiger partial charge on any atom is -0.480 e. The lowest BCUT2D eigenvalue weighted by atomic mass is 10.2. The number of carboxylic acid groups (broad SMARTS) is 2. The predicted octanol–water partition coefficient (Wildman–Crippen LogP) is -0.156. The Balaban J connectivity index is 0.000000281. The summed E-state index contributed by atoms with van der Waals surface area (Å²) in [4.78, 5) is 21.9. The van der Waals surface area contributed by atoms with E-state index in [2.05, 4.69) is 5.32 Å². The molecule has 0 saturated carbocycles. The van der Waals surface area contributed by atoms with E-state index in [0.717, 1.165) is 19.4 Å². The monoisotopic (exact) mass is 232 g/mol. The van der Waals surface area contributed by atoms with Crippen LogP contribution in [-0.4, -0.2) is 59.8 Å². The van der Waals surface area contributed by atoms with Crippen LogP contribution in [-0.2, 0) is 9.59 Å². The minimum absolute atomic E-state index is 0.269. The Morgan fingerprint density at radius 1 is 1.38 bits per heavy atom. The molecule has 16 heavy (non-hydrogen) atoms. The van der Waals surface area contributed by atoms with Gasteiger partial charge < -0.3 is 15.5 Å². The van der Waals surface area contributed by atoms with Gasteiger partial charge in [0.25, 0.3) is 0 Å². The van der Waals surface area contributed by atoms with Gasteiger partial charge in [0.05, 0.1) is 0 Å². The molecule has 1 rings (SSSR count). The molecule has 0 amide bonds. The summed E-state index contributed by atoms with van der Waals surface area (Å²) in [5.41, 5.74) is 0. The van der Waals surface area contributed by atoms with Gasteiger partial charge in [0, 0.05) is 0 Å². The summed E-state index contributed by atoms with van der Waals surface area (Å²) >= 11 is 0. The van der Waals surface area contributed by atoms with Crippen molar-refractivity contribution in [1.82, 2.24) is 10.2 Å². The van der Waals surface area contributed by atoms with Gasteiger partial charge in [-0.15, -0.1) is 0 Å². The molecule has 1 aliphatic heterocycles. The second-order valence-electron chi connectivity index (χ2n) is 3.96. The van der Waals surface area contributed by atoms with Crippen molar-refractivity contribution in [2.75, 3.05) is 20.6 Å². The van der Waals surface area contributed by atoms with Crippen LogP contribution in [0.15, 0.2) is 0 Å². The minimum atomic E-state index is -0.782. The van der Waals surface area contributed by atoms with Gasteiger partial charge in [-0.25, -0.2) is 0 Å². The van der Waals surface area contributed by atoms with Gasteiger partial charge in [-0.3, -0.25) is 14.5 Å². The average Bonchev–Trinajstić information content (AvgIpc) is 2.70. The molecule has 2 atom stereocenters. The number of aliphatic carboxylic acids is 2. The zero-order chi connectivity index (χ0) is 12.7. The number of hydrogen-bond donors (Lipinski definition) is 3. The summed E-state index contributed by atoms with van der Waals surface area (Å²) in [6.45, 7) is 2.50. The highest BCUT2D eigenvalue weighted by molar-refractivity contribution is 5.73. The fourth-order valence-corrected chi connectivity index (χ4v) is 1.12. The normalized spacial score (nSPS) is 21.1. The highest BCUT2D eigenvalue weighted by Gasteiger charge is 2.20. The lowest BCUT2D eigenvalue weighted by molar-refractivity contribution is -0.141. The molecule has 3 N–H and O–H groups in total. The van der Waals surface area contributed by atoms with E-state index in [1.165, 1.54) is 0 Å². The molecule has 0 bridgehead atoms. The van der Waals surface area contributed by atoms with Crippen molar-refractivity contribution in [3.05, 3.63) is 0 Å². The number of nitrogens with zero attached hydrogens (tertiary/aromatic N) is 1. The van der Waals surface area contributed by atoms with Crippen LogP contribution in [0, 0.1) is 0 Å². The molecule has 0 spiro atoms. The molecule has 6 heteroatoms. The van der Waals surface area contributed by atoms with Crippen LogP contribution in [0.3, 0.4) is 0 Å². The third-order valence-electron chi connectivity index (χ3n) is 2.49. The summed E-state index contributed by atoms with van der Waals surface area (Å²) in [5, 5.41) is 19.5. The standard InChI is InChI=1S/C5H9NO2.C5H11NO2/c7-5(8)4-2-1-3-6-4;1-4(5(7)8)6(2)3/h4,6H,1-3H2,(H,7,8);4H,1-3H3,(H,7,8)/t4-;/m0./s1. The molecule has 0 aliphatic carbocycles. The largest absolute Gasteiger partial charge is 0.480 e. The summed E-state index contributed by atoms with van der Waals surface area (Å²) in [6, 6.07) is -0.648. The molecule has 1 unspecified atom stereocenters. The molecule has 1 aliphatic rings. The summed E-state index contributed by atoms with van der Waals surface area (Å²) in [6.07, 6.45) is 1.78. The highest BCUT2D eigenvalue weighted by atomic mass is 16.4. The molecule has 1 saturated heterocycles. The number of nitrogens with one attached hydrogen (secondary N) is 1. The molecule has 1 fully saturated rings. The highest BCUT2D eigenvalue weighted by Crippen LogP contribution is 2.03. The van der Waals surface area contributed by atoms with Gasteiger partial charge in [0.2, 0.25) is 0 Å². The Hall–Kier alpha value is -1.14. The van der Waals surface area contributed by atoms with Crippen LogP contribution >= 0.6 is 0 Å². The number of carboxylic acids is 2. The first-order valence-electron chi connectivity index (χ1n) is 5.21. The molecule has 0 aromatic rings. The molecule has 0 aromatic carbocycles. The van der Waals surface area contributed by atoms with Crippen molar-refractivity contribution in [3.63, 3.8) is 0 Å². The van der Waals surface area contributed by atoms with E-state index in [-0.39, 0.29) is 12.1 Å². The summed E-state index contributed by atoms with van der Waals surface area (Å²) < 4.78 is 0.